The molecule has 35 heavy (non-hydrogen) atoms. The number of hydrogen-bond donors (Lipinski definition) is 0. The van der Waals surface area contributed by atoms with Gasteiger partial charge >= 0.3 is 5.82 Å². The molecule has 7 rings (SSSR count). The van der Waals surface area contributed by atoms with Crippen molar-refractivity contribution in [3.05, 3.63) is 90.0 Å². The number of aromatic nitrogens is 3. The zero-order chi connectivity index (χ0) is 24.1. The van der Waals surface area contributed by atoms with Gasteiger partial charge in [0.05, 0.1) is 29.0 Å². The Labute approximate surface area is 204 Å². The van der Waals surface area contributed by atoms with Gasteiger partial charge in [-0.15, -0.1) is 0 Å². The minimum absolute atomic E-state index is 0.0180. The van der Waals surface area contributed by atoms with Crippen LogP contribution < -0.4 is 4.57 Å². The highest BCUT2D eigenvalue weighted by atomic mass is 15.1. The largest absolute Gasteiger partial charge is 0.331 e. The van der Waals surface area contributed by atoms with E-state index in [-0.39, 0.29) is 5.41 Å². The third kappa shape index (κ3) is 2.61. The third-order valence-corrected chi connectivity index (χ3v) is 7.71. The number of nitrogens with zero attached hydrogens (tertiary/aromatic N) is 3. The molecule has 0 saturated carbocycles. The van der Waals surface area contributed by atoms with Crippen molar-refractivity contribution in [2.24, 2.45) is 7.05 Å². The van der Waals surface area contributed by atoms with Gasteiger partial charge in [-0.3, -0.25) is 0 Å². The van der Waals surface area contributed by atoms with Crippen molar-refractivity contribution in [3.63, 3.8) is 0 Å². The van der Waals surface area contributed by atoms with Gasteiger partial charge in [0.2, 0.25) is 5.52 Å². The Morgan fingerprint density at radius 2 is 1.31 bits per heavy atom. The zero-order valence-corrected chi connectivity index (χ0v) is 20.8. The number of hydrogen-bond acceptors (Lipinski definition) is 1. The van der Waals surface area contributed by atoms with E-state index in [9.17, 15) is 0 Å². The Balaban J connectivity index is 1.71. The average molecular weight is 455 g/mol. The van der Waals surface area contributed by atoms with E-state index >= 15 is 0 Å². The first-order chi connectivity index (χ1) is 16.9. The molecule has 0 aliphatic heterocycles. The Hall–Kier alpha value is -3.98. The van der Waals surface area contributed by atoms with Crippen molar-refractivity contribution in [2.45, 2.75) is 33.1 Å². The van der Waals surface area contributed by atoms with Crippen LogP contribution in [0.1, 0.15) is 31.9 Å². The number of fused-ring (bicyclic) bond motifs is 7. The van der Waals surface area contributed by atoms with Crippen molar-refractivity contribution >= 4 is 49.1 Å². The predicted octanol–water partition coefficient (Wildman–Crippen LogP) is 7.48. The number of para-hydroxylation sites is 2. The van der Waals surface area contributed by atoms with Gasteiger partial charge in [0.1, 0.15) is 5.52 Å². The molecule has 0 amide bonds. The van der Waals surface area contributed by atoms with Crippen molar-refractivity contribution in [1.29, 1.82) is 0 Å². The van der Waals surface area contributed by atoms with E-state index in [1.165, 1.54) is 60.3 Å². The zero-order valence-electron chi connectivity index (χ0n) is 20.8. The Morgan fingerprint density at radius 3 is 2.00 bits per heavy atom. The molecule has 3 heterocycles. The van der Waals surface area contributed by atoms with Crippen LogP contribution in [0, 0.1) is 6.92 Å². The molecule has 3 nitrogen and oxygen atoms in total. The molecular weight excluding hydrogens is 426 g/mol. The number of benzene rings is 4. The molecule has 0 atom stereocenters. The maximum atomic E-state index is 5.41. The summed E-state index contributed by atoms with van der Waals surface area (Å²) in [7, 11) is 2.17. The molecule has 3 heteroatoms. The van der Waals surface area contributed by atoms with Crippen molar-refractivity contribution in [1.82, 2.24) is 9.38 Å². The van der Waals surface area contributed by atoms with Gasteiger partial charge in [0.15, 0.2) is 5.52 Å². The summed E-state index contributed by atoms with van der Waals surface area (Å²) in [5.74, 6) is 1.01. The Morgan fingerprint density at radius 1 is 0.743 bits per heavy atom. The Bertz CT molecular complexity index is 1950. The molecule has 7 aromatic rings. The van der Waals surface area contributed by atoms with Gasteiger partial charge in [-0.2, -0.15) is 0 Å². The summed E-state index contributed by atoms with van der Waals surface area (Å²) in [4.78, 5) is 5.41. The minimum Gasteiger partial charge on any atom is -0.301 e. The molecule has 0 radical (unpaired) electrons. The van der Waals surface area contributed by atoms with Crippen LogP contribution in [-0.2, 0) is 12.5 Å². The highest BCUT2D eigenvalue weighted by Crippen LogP contribution is 2.40. The normalized spacial score (nSPS) is 12.7. The van der Waals surface area contributed by atoms with E-state index in [0.29, 0.717) is 0 Å². The summed E-state index contributed by atoms with van der Waals surface area (Å²) in [5.41, 5.74) is 9.81. The van der Waals surface area contributed by atoms with E-state index in [2.05, 4.69) is 123 Å². The first-order valence-electron chi connectivity index (χ1n) is 12.3. The second-order valence-corrected chi connectivity index (χ2v) is 10.8. The Kier molecular flexibility index (Phi) is 3.96. The van der Waals surface area contributed by atoms with Gasteiger partial charge < -0.3 is 4.40 Å². The fourth-order valence-corrected chi connectivity index (χ4v) is 6.04. The number of rotatable bonds is 1. The van der Waals surface area contributed by atoms with Crippen molar-refractivity contribution in [2.75, 3.05) is 0 Å². The summed E-state index contributed by atoms with van der Waals surface area (Å²) in [6.45, 7) is 9.14. The molecule has 4 aromatic carbocycles. The molecule has 0 aliphatic carbocycles. The lowest BCUT2D eigenvalue weighted by molar-refractivity contribution is -0.635. The van der Waals surface area contributed by atoms with E-state index in [4.69, 9.17) is 4.98 Å². The van der Waals surface area contributed by atoms with Crippen LogP contribution in [0.4, 0.5) is 0 Å². The van der Waals surface area contributed by atoms with E-state index < -0.39 is 0 Å². The lowest BCUT2D eigenvalue weighted by Gasteiger charge is -2.23. The molecule has 3 aromatic heterocycles. The van der Waals surface area contributed by atoms with Gasteiger partial charge in [-0.05, 0) is 69.6 Å². The summed E-state index contributed by atoms with van der Waals surface area (Å²) < 4.78 is 4.70. The van der Waals surface area contributed by atoms with Gasteiger partial charge in [-0.1, -0.05) is 69.3 Å². The summed E-state index contributed by atoms with van der Waals surface area (Å²) in [5, 5.41) is 5.10. The lowest BCUT2D eigenvalue weighted by atomic mass is 9.81. The van der Waals surface area contributed by atoms with Crippen LogP contribution >= 0.6 is 0 Å². The van der Waals surface area contributed by atoms with Crippen LogP contribution in [0.15, 0.2) is 78.9 Å². The lowest BCUT2D eigenvalue weighted by Crippen LogP contribution is -2.33. The second-order valence-electron chi connectivity index (χ2n) is 10.8. The minimum atomic E-state index is 0.0180. The predicted molar refractivity (Wildman–Crippen MR) is 146 cm³/mol. The molecule has 0 saturated heterocycles. The fraction of sp³-hybridized carbons (Fsp3) is 0.188. The molecule has 0 aliphatic rings. The highest BCUT2D eigenvalue weighted by Gasteiger charge is 2.30. The fourth-order valence-electron chi connectivity index (χ4n) is 6.04. The van der Waals surface area contributed by atoms with Crippen LogP contribution in [0.25, 0.3) is 60.5 Å². The standard InChI is InChI=1S/C32H28N3/c1-19-20-12-6-7-13-21(20)25(32(2,3)4)18-24(19)31-33-28-22-14-8-10-16-26(22)35-27-17-11-9-15-23(27)29(30(28)35)34(31)5/h6-18H,1-5H3/q+1. The quantitative estimate of drug-likeness (QED) is 0.236. The monoisotopic (exact) mass is 454 g/mol. The highest BCUT2D eigenvalue weighted by molar-refractivity contribution is 6.19. The van der Waals surface area contributed by atoms with E-state index in [1.807, 2.05) is 0 Å². The first kappa shape index (κ1) is 20.4. The molecule has 0 N–H and O–H groups in total. The third-order valence-electron chi connectivity index (χ3n) is 7.71. The topological polar surface area (TPSA) is 21.2 Å². The molecule has 0 fully saturated rings. The van der Waals surface area contributed by atoms with Crippen LogP contribution in [0.3, 0.4) is 0 Å². The second kappa shape index (κ2) is 6.79. The SMILES string of the molecule is Cc1c(-c2nc3c4ccccc4n4c5ccccc5c(c34)[n+]2C)cc(C(C)(C)C)c2ccccc12. The van der Waals surface area contributed by atoms with Crippen molar-refractivity contribution < 1.29 is 4.57 Å². The van der Waals surface area contributed by atoms with Gasteiger partial charge in [0, 0.05) is 5.39 Å². The maximum Gasteiger partial charge on any atom is 0.331 e. The summed E-state index contributed by atoms with van der Waals surface area (Å²) in [6.07, 6.45) is 0. The van der Waals surface area contributed by atoms with Crippen LogP contribution in [-0.4, -0.2) is 9.38 Å². The molecule has 170 valence electrons. The smallest absolute Gasteiger partial charge is 0.301 e. The molecule has 0 unspecified atom stereocenters. The molecular formula is C32H28N3+. The summed E-state index contributed by atoms with van der Waals surface area (Å²) >= 11 is 0. The average Bonchev–Trinajstić information content (AvgIpc) is 3.36. The van der Waals surface area contributed by atoms with E-state index in [0.717, 1.165) is 11.3 Å². The van der Waals surface area contributed by atoms with Gasteiger partial charge in [-0.25, -0.2) is 4.57 Å². The van der Waals surface area contributed by atoms with Crippen LogP contribution in [0.2, 0.25) is 0 Å². The molecule has 0 bridgehead atoms. The van der Waals surface area contributed by atoms with Gasteiger partial charge in [0.25, 0.3) is 0 Å². The van der Waals surface area contributed by atoms with E-state index in [1.54, 1.807) is 0 Å². The number of aryl methyl sites for hydroxylation is 2. The van der Waals surface area contributed by atoms with Crippen LogP contribution in [0.5, 0.6) is 0 Å². The summed E-state index contributed by atoms with van der Waals surface area (Å²) in [6, 6.07) is 28.6. The first-order valence-corrected chi connectivity index (χ1v) is 12.3. The van der Waals surface area contributed by atoms with Crippen molar-refractivity contribution in [3.8, 4) is 11.4 Å². The maximum absolute atomic E-state index is 5.41. The molecule has 0 spiro atoms.